The first-order valence-electron chi connectivity index (χ1n) is 4.84. The molecule has 0 aliphatic rings. The van der Waals surface area contributed by atoms with Gasteiger partial charge in [0.25, 0.3) is 0 Å². The second kappa shape index (κ2) is 4.41. The Balaban J connectivity index is 2.32. The molecular weight excluding hydrogens is 200 g/mol. The molecule has 4 nitrogen and oxygen atoms in total. The lowest BCUT2D eigenvalue weighted by molar-refractivity contribution is 1.16. The SMILES string of the molecule is CNc1ccc(-c2ncc(C#N)cn2)cc1. The lowest BCUT2D eigenvalue weighted by atomic mass is 10.2. The molecule has 1 aromatic carbocycles. The van der Waals surface area contributed by atoms with Crippen molar-refractivity contribution in [1.82, 2.24) is 9.97 Å². The number of benzene rings is 1. The van der Waals surface area contributed by atoms with E-state index in [4.69, 9.17) is 5.26 Å². The van der Waals surface area contributed by atoms with E-state index in [9.17, 15) is 0 Å². The molecule has 2 rings (SSSR count). The van der Waals surface area contributed by atoms with Gasteiger partial charge in [-0.05, 0) is 24.3 Å². The number of hydrogen-bond acceptors (Lipinski definition) is 4. The van der Waals surface area contributed by atoms with Crippen molar-refractivity contribution < 1.29 is 0 Å². The fourth-order valence-corrected chi connectivity index (χ4v) is 1.32. The molecule has 0 bridgehead atoms. The van der Waals surface area contributed by atoms with Crippen LogP contribution in [0.25, 0.3) is 11.4 Å². The smallest absolute Gasteiger partial charge is 0.159 e. The van der Waals surface area contributed by atoms with Gasteiger partial charge in [0.1, 0.15) is 6.07 Å². The van der Waals surface area contributed by atoms with Gasteiger partial charge in [0.05, 0.1) is 5.56 Å². The van der Waals surface area contributed by atoms with Gasteiger partial charge in [-0.3, -0.25) is 0 Å². The highest BCUT2D eigenvalue weighted by molar-refractivity contribution is 5.59. The zero-order valence-corrected chi connectivity index (χ0v) is 8.81. The van der Waals surface area contributed by atoms with Gasteiger partial charge < -0.3 is 5.32 Å². The van der Waals surface area contributed by atoms with Crippen LogP contribution in [0.3, 0.4) is 0 Å². The van der Waals surface area contributed by atoms with Crippen LogP contribution in [0.5, 0.6) is 0 Å². The predicted octanol–water partition coefficient (Wildman–Crippen LogP) is 2.06. The van der Waals surface area contributed by atoms with Gasteiger partial charge >= 0.3 is 0 Å². The Hall–Kier alpha value is -2.41. The topological polar surface area (TPSA) is 61.6 Å². The number of nitriles is 1. The standard InChI is InChI=1S/C12H10N4/c1-14-11-4-2-10(3-5-11)12-15-7-9(6-13)8-16-12/h2-5,7-8,14H,1H3. The van der Waals surface area contributed by atoms with Crippen molar-refractivity contribution in [3.05, 3.63) is 42.2 Å². The molecule has 0 aliphatic carbocycles. The lowest BCUT2D eigenvalue weighted by Gasteiger charge is -2.02. The number of aromatic nitrogens is 2. The molecule has 0 aliphatic heterocycles. The first kappa shape index (κ1) is 10.1. The van der Waals surface area contributed by atoms with E-state index in [1.165, 1.54) is 12.4 Å². The molecule has 0 atom stereocenters. The molecule has 4 heteroatoms. The van der Waals surface area contributed by atoms with Gasteiger partial charge in [-0.2, -0.15) is 5.26 Å². The fraction of sp³-hybridized carbons (Fsp3) is 0.0833. The summed E-state index contributed by atoms with van der Waals surface area (Å²) >= 11 is 0. The lowest BCUT2D eigenvalue weighted by Crippen LogP contribution is -1.91. The maximum atomic E-state index is 8.63. The van der Waals surface area contributed by atoms with Crippen molar-refractivity contribution in [1.29, 1.82) is 5.26 Å². The first-order valence-corrected chi connectivity index (χ1v) is 4.84. The third-order valence-corrected chi connectivity index (χ3v) is 2.21. The predicted molar refractivity (Wildman–Crippen MR) is 61.7 cm³/mol. The Morgan fingerprint density at radius 2 is 1.75 bits per heavy atom. The number of hydrogen-bond donors (Lipinski definition) is 1. The van der Waals surface area contributed by atoms with Crippen LogP contribution < -0.4 is 5.32 Å². The number of nitrogens with one attached hydrogen (secondary N) is 1. The molecule has 0 amide bonds. The Morgan fingerprint density at radius 3 is 2.25 bits per heavy atom. The molecule has 0 saturated heterocycles. The third-order valence-electron chi connectivity index (χ3n) is 2.21. The van der Waals surface area contributed by atoms with Crippen LogP contribution in [-0.4, -0.2) is 17.0 Å². The molecule has 0 saturated carbocycles. The highest BCUT2D eigenvalue weighted by Gasteiger charge is 2.00. The molecule has 16 heavy (non-hydrogen) atoms. The minimum atomic E-state index is 0.468. The summed E-state index contributed by atoms with van der Waals surface area (Å²) in [5, 5.41) is 11.7. The molecular formula is C12H10N4. The van der Waals surface area contributed by atoms with Gasteiger partial charge in [-0.15, -0.1) is 0 Å². The van der Waals surface area contributed by atoms with Gasteiger partial charge in [-0.1, -0.05) is 0 Å². The highest BCUT2D eigenvalue weighted by atomic mass is 14.9. The Bertz CT molecular complexity index is 508. The summed E-state index contributed by atoms with van der Waals surface area (Å²) in [5.41, 5.74) is 2.44. The van der Waals surface area contributed by atoms with Crippen LogP contribution >= 0.6 is 0 Å². The zero-order chi connectivity index (χ0) is 11.4. The van der Waals surface area contributed by atoms with Crippen LogP contribution in [0.1, 0.15) is 5.56 Å². The molecule has 1 heterocycles. The van der Waals surface area contributed by atoms with Crippen molar-refractivity contribution in [3.63, 3.8) is 0 Å². The summed E-state index contributed by atoms with van der Waals surface area (Å²) in [7, 11) is 1.87. The van der Waals surface area contributed by atoms with Gasteiger partial charge in [-0.25, -0.2) is 9.97 Å². The van der Waals surface area contributed by atoms with E-state index in [0.29, 0.717) is 11.4 Å². The van der Waals surface area contributed by atoms with E-state index in [1.807, 2.05) is 37.4 Å². The summed E-state index contributed by atoms with van der Waals surface area (Å²) in [4.78, 5) is 8.24. The first-order chi connectivity index (χ1) is 7.83. The third kappa shape index (κ3) is 1.98. The van der Waals surface area contributed by atoms with E-state index >= 15 is 0 Å². The molecule has 1 aromatic heterocycles. The van der Waals surface area contributed by atoms with E-state index < -0.39 is 0 Å². The minimum Gasteiger partial charge on any atom is -0.388 e. The molecule has 0 fully saturated rings. The maximum absolute atomic E-state index is 8.63. The molecule has 0 unspecified atom stereocenters. The van der Waals surface area contributed by atoms with Crippen LogP contribution in [0.4, 0.5) is 5.69 Å². The summed E-state index contributed by atoms with van der Waals surface area (Å²) < 4.78 is 0. The second-order valence-corrected chi connectivity index (χ2v) is 3.23. The van der Waals surface area contributed by atoms with Crippen molar-refractivity contribution >= 4 is 5.69 Å². The molecule has 0 radical (unpaired) electrons. The molecule has 78 valence electrons. The second-order valence-electron chi connectivity index (χ2n) is 3.23. The molecule has 0 spiro atoms. The summed E-state index contributed by atoms with van der Waals surface area (Å²) in [6.07, 6.45) is 3.04. The Morgan fingerprint density at radius 1 is 1.12 bits per heavy atom. The van der Waals surface area contributed by atoms with E-state index in [1.54, 1.807) is 0 Å². The summed E-state index contributed by atoms with van der Waals surface area (Å²) in [6, 6.07) is 9.77. The van der Waals surface area contributed by atoms with Crippen molar-refractivity contribution in [3.8, 4) is 17.5 Å². The average molecular weight is 210 g/mol. The minimum absolute atomic E-state index is 0.468. The van der Waals surface area contributed by atoms with Crippen molar-refractivity contribution in [2.75, 3.05) is 12.4 Å². The monoisotopic (exact) mass is 210 g/mol. The number of anilines is 1. The number of rotatable bonds is 2. The van der Waals surface area contributed by atoms with Crippen LogP contribution in [0.15, 0.2) is 36.7 Å². The Labute approximate surface area is 93.6 Å². The van der Waals surface area contributed by atoms with Gasteiger partial charge in [0.15, 0.2) is 5.82 Å². The van der Waals surface area contributed by atoms with E-state index in [-0.39, 0.29) is 0 Å². The Kier molecular flexibility index (Phi) is 2.79. The van der Waals surface area contributed by atoms with Crippen LogP contribution in [0, 0.1) is 11.3 Å². The fourth-order valence-electron chi connectivity index (χ4n) is 1.32. The van der Waals surface area contributed by atoms with Crippen molar-refractivity contribution in [2.45, 2.75) is 0 Å². The normalized spacial score (nSPS) is 9.50. The zero-order valence-electron chi connectivity index (χ0n) is 8.81. The quantitative estimate of drug-likeness (QED) is 0.824. The van der Waals surface area contributed by atoms with E-state index in [2.05, 4.69) is 15.3 Å². The van der Waals surface area contributed by atoms with Gasteiger partial charge in [0.2, 0.25) is 0 Å². The van der Waals surface area contributed by atoms with E-state index in [0.717, 1.165) is 11.3 Å². The average Bonchev–Trinajstić information content (AvgIpc) is 2.39. The summed E-state index contributed by atoms with van der Waals surface area (Å²) in [6.45, 7) is 0. The number of nitrogens with zero attached hydrogens (tertiary/aromatic N) is 3. The van der Waals surface area contributed by atoms with Gasteiger partial charge in [0, 0.05) is 30.7 Å². The molecule has 1 N–H and O–H groups in total. The molecule has 2 aromatic rings. The maximum Gasteiger partial charge on any atom is 0.159 e. The van der Waals surface area contributed by atoms with Crippen LogP contribution in [0.2, 0.25) is 0 Å². The van der Waals surface area contributed by atoms with Crippen molar-refractivity contribution in [2.24, 2.45) is 0 Å². The summed E-state index contributed by atoms with van der Waals surface area (Å²) in [5.74, 6) is 0.627. The largest absolute Gasteiger partial charge is 0.388 e. The highest BCUT2D eigenvalue weighted by Crippen LogP contribution is 2.17. The van der Waals surface area contributed by atoms with Crippen LogP contribution in [-0.2, 0) is 0 Å².